The van der Waals surface area contributed by atoms with Gasteiger partial charge in [-0.15, -0.1) is 5.10 Å². The van der Waals surface area contributed by atoms with Gasteiger partial charge in [0.2, 0.25) is 10.0 Å². The molecule has 132 valence electrons. The maximum absolute atomic E-state index is 12.2. The third-order valence-electron chi connectivity index (χ3n) is 4.72. The molecule has 1 aromatic rings. The van der Waals surface area contributed by atoms with Gasteiger partial charge in [0.1, 0.15) is 11.4 Å². The maximum Gasteiger partial charge on any atom is 0.285 e. The number of nitrogens with zero attached hydrogens (tertiary/aromatic N) is 2. The van der Waals surface area contributed by atoms with E-state index in [4.69, 9.17) is 4.74 Å². The van der Waals surface area contributed by atoms with Gasteiger partial charge in [0, 0.05) is 12.0 Å². The van der Waals surface area contributed by atoms with Gasteiger partial charge in [0.05, 0.1) is 12.9 Å². The van der Waals surface area contributed by atoms with Gasteiger partial charge in [0.25, 0.3) is 5.91 Å². The number of nitrogens with one attached hydrogen (secondary N) is 1. The highest BCUT2D eigenvalue weighted by Crippen LogP contribution is 2.42. The summed E-state index contributed by atoms with van der Waals surface area (Å²) in [6.45, 7) is 0. The number of rotatable bonds is 7. The number of hydrogen-bond acceptors (Lipinski definition) is 6. The molecule has 2 fully saturated rings. The molecule has 0 bridgehead atoms. The van der Waals surface area contributed by atoms with Crippen molar-refractivity contribution in [1.29, 1.82) is 0 Å². The Balaban J connectivity index is 1.62. The lowest BCUT2D eigenvalue weighted by atomic mass is 10.1. The van der Waals surface area contributed by atoms with Crippen molar-refractivity contribution in [3.05, 3.63) is 17.5 Å². The van der Waals surface area contributed by atoms with E-state index >= 15 is 0 Å². The summed E-state index contributed by atoms with van der Waals surface area (Å²) in [7, 11) is -2.16. The first-order valence-corrected chi connectivity index (χ1v) is 10.1. The number of carbonyl (C=O) groups excluding carboxylic acids is 1. The molecule has 1 N–H and O–H groups in total. The maximum atomic E-state index is 12.2. The zero-order valence-electron chi connectivity index (χ0n) is 13.8. The van der Waals surface area contributed by atoms with E-state index in [0.29, 0.717) is 24.0 Å². The number of amides is 1. The quantitative estimate of drug-likeness (QED) is 0.805. The Hall–Kier alpha value is -1.70. The van der Waals surface area contributed by atoms with E-state index in [-0.39, 0.29) is 11.4 Å². The fraction of sp³-hybridized carbons (Fsp3) is 0.688. The molecule has 2 aliphatic rings. The lowest BCUT2D eigenvalue weighted by Crippen LogP contribution is -2.33. The van der Waals surface area contributed by atoms with Crippen LogP contribution in [-0.4, -0.2) is 37.4 Å². The van der Waals surface area contributed by atoms with Crippen LogP contribution in [-0.2, 0) is 10.0 Å². The largest absolute Gasteiger partial charge is 0.495 e. The summed E-state index contributed by atoms with van der Waals surface area (Å²) in [5, 5.41) is 7.90. The normalized spacial score (nSPS) is 18.5. The van der Waals surface area contributed by atoms with Crippen LogP contribution in [0.5, 0.6) is 5.75 Å². The Kier molecular flexibility index (Phi) is 5.03. The van der Waals surface area contributed by atoms with Gasteiger partial charge in [-0.3, -0.25) is 4.79 Å². The van der Waals surface area contributed by atoms with Crippen LogP contribution in [0.3, 0.4) is 0 Å². The SMILES string of the molecule is COc1cc(C(=O)NS(=O)(=O)CCC2CCCC2)nnc1C1CC1. The van der Waals surface area contributed by atoms with Gasteiger partial charge in [-0.05, 0) is 25.2 Å². The first-order valence-electron chi connectivity index (χ1n) is 8.45. The van der Waals surface area contributed by atoms with Gasteiger partial charge >= 0.3 is 0 Å². The van der Waals surface area contributed by atoms with Crippen molar-refractivity contribution in [2.45, 2.75) is 50.9 Å². The Morgan fingerprint density at radius 3 is 2.58 bits per heavy atom. The Morgan fingerprint density at radius 2 is 1.96 bits per heavy atom. The topological polar surface area (TPSA) is 98.2 Å². The van der Waals surface area contributed by atoms with E-state index in [9.17, 15) is 13.2 Å². The van der Waals surface area contributed by atoms with Crippen molar-refractivity contribution in [3.8, 4) is 5.75 Å². The molecule has 0 aromatic carbocycles. The Bertz CT molecular complexity index is 710. The Labute approximate surface area is 142 Å². The van der Waals surface area contributed by atoms with E-state index in [1.807, 2.05) is 0 Å². The molecule has 0 aliphatic heterocycles. The smallest absolute Gasteiger partial charge is 0.285 e. The number of aromatic nitrogens is 2. The van der Waals surface area contributed by atoms with E-state index in [1.165, 1.54) is 26.0 Å². The van der Waals surface area contributed by atoms with Crippen LogP contribution in [0, 0.1) is 5.92 Å². The molecule has 3 rings (SSSR count). The summed E-state index contributed by atoms with van der Waals surface area (Å²) < 4.78 is 31.5. The second-order valence-electron chi connectivity index (χ2n) is 6.65. The molecule has 1 amide bonds. The molecule has 2 saturated carbocycles. The average Bonchev–Trinajstić information content (AvgIpc) is 3.27. The Morgan fingerprint density at radius 1 is 1.25 bits per heavy atom. The molecule has 7 nitrogen and oxygen atoms in total. The highest BCUT2D eigenvalue weighted by Gasteiger charge is 2.30. The third kappa shape index (κ3) is 4.23. The molecule has 0 unspecified atom stereocenters. The second kappa shape index (κ2) is 7.04. The van der Waals surface area contributed by atoms with Crippen molar-refractivity contribution in [2.24, 2.45) is 5.92 Å². The highest BCUT2D eigenvalue weighted by molar-refractivity contribution is 7.90. The fourth-order valence-corrected chi connectivity index (χ4v) is 4.30. The van der Waals surface area contributed by atoms with Crippen molar-refractivity contribution < 1.29 is 17.9 Å². The minimum atomic E-state index is -3.66. The molecule has 1 aromatic heterocycles. The number of methoxy groups -OCH3 is 1. The predicted octanol–water partition coefficient (Wildman–Crippen LogP) is 2.00. The lowest BCUT2D eigenvalue weighted by Gasteiger charge is -2.11. The monoisotopic (exact) mass is 353 g/mol. The molecule has 8 heteroatoms. The van der Waals surface area contributed by atoms with Crippen LogP contribution in [0.25, 0.3) is 0 Å². The van der Waals surface area contributed by atoms with E-state index in [2.05, 4.69) is 14.9 Å². The van der Waals surface area contributed by atoms with Crippen molar-refractivity contribution >= 4 is 15.9 Å². The van der Waals surface area contributed by atoms with Crippen LogP contribution >= 0.6 is 0 Å². The van der Waals surface area contributed by atoms with Crippen molar-refractivity contribution in [2.75, 3.05) is 12.9 Å². The zero-order chi connectivity index (χ0) is 17.2. The molecule has 0 radical (unpaired) electrons. The molecule has 0 atom stereocenters. The van der Waals surface area contributed by atoms with Crippen molar-refractivity contribution in [1.82, 2.24) is 14.9 Å². The van der Waals surface area contributed by atoms with Crippen molar-refractivity contribution in [3.63, 3.8) is 0 Å². The van der Waals surface area contributed by atoms with Crippen LogP contribution in [0.15, 0.2) is 6.07 Å². The average molecular weight is 353 g/mol. The molecular formula is C16H23N3O4S. The molecule has 24 heavy (non-hydrogen) atoms. The molecule has 0 saturated heterocycles. The van der Waals surface area contributed by atoms with Crippen LogP contribution in [0.2, 0.25) is 0 Å². The van der Waals surface area contributed by atoms with Crippen LogP contribution in [0.4, 0.5) is 0 Å². The van der Waals surface area contributed by atoms with Gasteiger partial charge in [0.15, 0.2) is 5.69 Å². The standard InChI is InChI=1S/C16H23N3O4S/c1-23-14-10-13(17-18-15(14)12-6-7-12)16(20)19-24(21,22)9-8-11-4-2-3-5-11/h10-12H,2-9H2,1H3,(H,19,20). The summed E-state index contributed by atoms with van der Waals surface area (Å²) in [4.78, 5) is 12.2. The number of carbonyl (C=O) groups is 1. The van der Waals surface area contributed by atoms with E-state index < -0.39 is 15.9 Å². The first-order chi connectivity index (χ1) is 11.5. The van der Waals surface area contributed by atoms with Gasteiger partial charge in [-0.25, -0.2) is 13.1 Å². The number of sulfonamides is 1. The fourth-order valence-electron chi connectivity index (χ4n) is 3.16. The van der Waals surface area contributed by atoms with E-state index in [0.717, 1.165) is 31.4 Å². The summed E-state index contributed by atoms with van der Waals surface area (Å²) in [6.07, 6.45) is 7.15. The predicted molar refractivity (Wildman–Crippen MR) is 88.4 cm³/mol. The summed E-state index contributed by atoms with van der Waals surface area (Å²) in [5.41, 5.74) is 0.693. The molecule has 0 spiro atoms. The van der Waals surface area contributed by atoms with Gasteiger partial charge < -0.3 is 4.74 Å². The summed E-state index contributed by atoms with van der Waals surface area (Å²) in [6, 6.07) is 1.46. The summed E-state index contributed by atoms with van der Waals surface area (Å²) >= 11 is 0. The number of hydrogen-bond donors (Lipinski definition) is 1. The molecule has 1 heterocycles. The minimum Gasteiger partial charge on any atom is -0.495 e. The van der Waals surface area contributed by atoms with Crippen LogP contribution < -0.4 is 9.46 Å². The highest BCUT2D eigenvalue weighted by atomic mass is 32.2. The molecular weight excluding hydrogens is 330 g/mol. The second-order valence-corrected chi connectivity index (χ2v) is 8.49. The lowest BCUT2D eigenvalue weighted by molar-refractivity contribution is 0.0975. The first kappa shape index (κ1) is 17.1. The summed E-state index contributed by atoms with van der Waals surface area (Å²) in [5.74, 6) is 0.485. The van der Waals surface area contributed by atoms with E-state index in [1.54, 1.807) is 0 Å². The third-order valence-corrected chi connectivity index (χ3v) is 5.99. The van der Waals surface area contributed by atoms with Crippen LogP contribution in [0.1, 0.15) is 67.0 Å². The van der Waals surface area contributed by atoms with Gasteiger partial charge in [-0.2, -0.15) is 5.10 Å². The molecule has 2 aliphatic carbocycles. The minimum absolute atomic E-state index is 0.0336. The number of ether oxygens (including phenoxy) is 1. The zero-order valence-corrected chi connectivity index (χ0v) is 14.6. The van der Waals surface area contributed by atoms with Gasteiger partial charge in [-0.1, -0.05) is 25.7 Å².